The van der Waals surface area contributed by atoms with Gasteiger partial charge in [0.05, 0.1) is 11.7 Å². The van der Waals surface area contributed by atoms with Crippen molar-refractivity contribution in [1.29, 1.82) is 0 Å². The number of halogens is 1. The fourth-order valence-electron chi connectivity index (χ4n) is 2.98. The molecule has 2 aliphatic rings. The van der Waals surface area contributed by atoms with Gasteiger partial charge in [0.2, 0.25) is 0 Å². The Balaban J connectivity index is 1.72. The molecule has 1 fully saturated rings. The second kappa shape index (κ2) is 5.49. The maximum absolute atomic E-state index is 4.95. The van der Waals surface area contributed by atoms with Gasteiger partial charge in [-0.3, -0.25) is 0 Å². The molecule has 2 aliphatic carbocycles. The monoisotopic (exact) mass is 362 g/mol. The first-order valence-electron chi connectivity index (χ1n) is 7.71. The molecule has 1 saturated carbocycles. The molecule has 4 rings (SSSR count). The molecule has 1 atom stereocenters. The third-order valence-electron chi connectivity index (χ3n) is 4.31. The predicted molar refractivity (Wildman–Crippen MR) is 91.0 cm³/mol. The highest BCUT2D eigenvalue weighted by molar-refractivity contribution is 9.10. The Hall–Kier alpha value is -0.710. The number of rotatable bonds is 4. The van der Waals surface area contributed by atoms with E-state index in [-0.39, 0.29) is 6.04 Å². The zero-order valence-electron chi connectivity index (χ0n) is 12.2. The summed E-state index contributed by atoms with van der Waals surface area (Å²) in [6.07, 6.45) is 6.26. The normalized spacial score (nSPS) is 18.8. The van der Waals surface area contributed by atoms with Crippen LogP contribution in [0.25, 0.3) is 0 Å². The number of nitrogens with zero attached hydrogens (tertiary/aromatic N) is 1. The van der Waals surface area contributed by atoms with Gasteiger partial charge in [-0.15, -0.1) is 11.3 Å². The first kappa shape index (κ1) is 13.9. The van der Waals surface area contributed by atoms with Gasteiger partial charge >= 0.3 is 0 Å². The lowest BCUT2D eigenvalue weighted by atomic mass is 10.1. The van der Waals surface area contributed by atoms with E-state index in [0.29, 0.717) is 6.04 Å². The fourth-order valence-corrected chi connectivity index (χ4v) is 4.94. The summed E-state index contributed by atoms with van der Waals surface area (Å²) >= 11 is 5.66. The minimum atomic E-state index is 0.239. The van der Waals surface area contributed by atoms with E-state index in [1.54, 1.807) is 0 Å². The van der Waals surface area contributed by atoms with Crippen LogP contribution in [-0.2, 0) is 12.8 Å². The van der Waals surface area contributed by atoms with Gasteiger partial charge < -0.3 is 5.32 Å². The Morgan fingerprint density at radius 2 is 2.19 bits per heavy atom. The van der Waals surface area contributed by atoms with E-state index in [2.05, 4.69) is 46.4 Å². The Bertz CT molecular complexity index is 654. The molecule has 1 heterocycles. The summed E-state index contributed by atoms with van der Waals surface area (Å²) in [6.45, 7) is 2.13. The van der Waals surface area contributed by atoms with Crippen molar-refractivity contribution in [3.8, 4) is 0 Å². The molecule has 21 heavy (non-hydrogen) atoms. The first-order chi connectivity index (χ1) is 10.2. The number of benzene rings is 1. The number of fused-ring (bicyclic) bond motifs is 1. The first-order valence-corrected chi connectivity index (χ1v) is 9.32. The van der Waals surface area contributed by atoms with Gasteiger partial charge in [-0.2, -0.15) is 0 Å². The summed E-state index contributed by atoms with van der Waals surface area (Å²) in [5.74, 6) is 0. The molecule has 0 aliphatic heterocycles. The van der Waals surface area contributed by atoms with Crippen LogP contribution in [0.1, 0.15) is 52.0 Å². The lowest BCUT2D eigenvalue weighted by molar-refractivity contribution is 0.594. The molecule has 0 radical (unpaired) electrons. The van der Waals surface area contributed by atoms with Gasteiger partial charge in [-0.05, 0) is 56.2 Å². The smallest absolute Gasteiger partial charge is 0.115 e. The van der Waals surface area contributed by atoms with Crippen LogP contribution in [0.15, 0.2) is 22.7 Å². The number of aryl methyl sites for hydroxylation is 3. The second-order valence-electron chi connectivity index (χ2n) is 6.17. The molecule has 2 aromatic rings. The third kappa shape index (κ3) is 2.81. The third-order valence-corrected chi connectivity index (χ3v) is 6.21. The molecular weight excluding hydrogens is 344 g/mol. The molecule has 1 aromatic heterocycles. The molecular formula is C17H19BrN2S. The molecule has 2 nitrogen and oxygen atoms in total. The van der Waals surface area contributed by atoms with E-state index in [1.807, 2.05) is 11.3 Å². The number of nitrogens with one attached hydrogen (secondary N) is 1. The standard InChI is InChI=1S/C17H19BrN2S/c1-10-5-8-12(13(18)9-10)16(19-11-6-7-11)17-20-14-3-2-4-15(14)21-17/h5,8-9,11,16,19H,2-4,6-7H2,1H3. The largest absolute Gasteiger partial charge is 0.301 e. The minimum Gasteiger partial charge on any atom is -0.301 e. The molecule has 0 spiro atoms. The summed E-state index contributed by atoms with van der Waals surface area (Å²) in [4.78, 5) is 6.46. The number of hydrogen-bond donors (Lipinski definition) is 1. The molecule has 1 aromatic carbocycles. The van der Waals surface area contributed by atoms with Crippen LogP contribution in [0.5, 0.6) is 0 Å². The van der Waals surface area contributed by atoms with Crippen molar-refractivity contribution in [1.82, 2.24) is 10.3 Å². The van der Waals surface area contributed by atoms with Crippen LogP contribution < -0.4 is 5.32 Å². The van der Waals surface area contributed by atoms with Crippen LogP contribution in [0, 0.1) is 6.92 Å². The summed E-state index contributed by atoms with van der Waals surface area (Å²) < 4.78 is 1.19. The van der Waals surface area contributed by atoms with Crippen LogP contribution in [-0.4, -0.2) is 11.0 Å². The molecule has 0 saturated heterocycles. The minimum absolute atomic E-state index is 0.239. The summed E-state index contributed by atoms with van der Waals surface area (Å²) in [5.41, 5.74) is 3.96. The zero-order chi connectivity index (χ0) is 14.4. The number of hydrogen-bond acceptors (Lipinski definition) is 3. The molecule has 0 amide bonds. The fraction of sp³-hybridized carbons (Fsp3) is 0.471. The Morgan fingerprint density at radius 1 is 1.33 bits per heavy atom. The summed E-state index contributed by atoms with van der Waals surface area (Å²) in [7, 11) is 0. The van der Waals surface area contributed by atoms with Crippen molar-refractivity contribution in [3.63, 3.8) is 0 Å². The molecule has 1 N–H and O–H groups in total. The van der Waals surface area contributed by atoms with E-state index < -0.39 is 0 Å². The van der Waals surface area contributed by atoms with Crippen LogP contribution in [0.3, 0.4) is 0 Å². The highest BCUT2D eigenvalue weighted by Gasteiger charge is 2.30. The molecule has 4 heteroatoms. The van der Waals surface area contributed by atoms with Crippen molar-refractivity contribution in [2.75, 3.05) is 0 Å². The Morgan fingerprint density at radius 3 is 2.90 bits per heavy atom. The quantitative estimate of drug-likeness (QED) is 0.863. The number of thiazole rings is 1. The van der Waals surface area contributed by atoms with Gasteiger partial charge in [0.15, 0.2) is 0 Å². The molecule has 110 valence electrons. The maximum atomic E-state index is 4.95. The van der Waals surface area contributed by atoms with E-state index >= 15 is 0 Å². The highest BCUT2D eigenvalue weighted by atomic mass is 79.9. The lowest BCUT2D eigenvalue weighted by Crippen LogP contribution is -2.24. The van der Waals surface area contributed by atoms with Crippen LogP contribution in [0.4, 0.5) is 0 Å². The molecule has 1 unspecified atom stereocenters. The summed E-state index contributed by atoms with van der Waals surface area (Å²) in [6, 6.07) is 7.55. The van der Waals surface area contributed by atoms with Gasteiger partial charge in [-0.25, -0.2) is 4.98 Å². The Kier molecular flexibility index (Phi) is 3.64. The predicted octanol–water partition coefficient (Wildman–Crippen LogP) is 4.54. The number of aromatic nitrogens is 1. The van der Waals surface area contributed by atoms with E-state index in [4.69, 9.17) is 4.98 Å². The lowest BCUT2D eigenvalue weighted by Gasteiger charge is -2.19. The van der Waals surface area contributed by atoms with Gasteiger partial charge in [0.1, 0.15) is 5.01 Å². The average Bonchev–Trinajstić information content (AvgIpc) is 3.00. The van der Waals surface area contributed by atoms with Gasteiger partial charge in [0.25, 0.3) is 0 Å². The van der Waals surface area contributed by atoms with E-state index in [9.17, 15) is 0 Å². The van der Waals surface area contributed by atoms with Crippen molar-refractivity contribution in [3.05, 3.63) is 49.4 Å². The van der Waals surface area contributed by atoms with Crippen molar-refractivity contribution < 1.29 is 0 Å². The molecule has 0 bridgehead atoms. The van der Waals surface area contributed by atoms with Crippen molar-refractivity contribution in [2.24, 2.45) is 0 Å². The SMILES string of the molecule is Cc1ccc(C(NC2CC2)c2nc3c(s2)CCC3)c(Br)c1. The van der Waals surface area contributed by atoms with Crippen molar-refractivity contribution >= 4 is 27.3 Å². The Labute approximate surface area is 138 Å². The van der Waals surface area contributed by atoms with E-state index in [0.717, 1.165) is 6.42 Å². The van der Waals surface area contributed by atoms with Gasteiger partial charge in [-0.1, -0.05) is 28.1 Å². The highest BCUT2D eigenvalue weighted by Crippen LogP contribution is 2.37. The van der Waals surface area contributed by atoms with Crippen molar-refractivity contribution in [2.45, 2.75) is 51.1 Å². The van der Waals surface area contributed by atoms with Crippen LogP contribution in [0.2, 0.25) is 0 Å². The summed E-state index contributed by atoms with van der Waals surface area (Å²) in [5, 5.41) is 5.04. The topological polar surface area (TPSA) is 24.9 Å². The second-order valence-corrected chi connectivity index (χ2v) is 8.14. The van der Waals surface area contributed by atoms with Crippen LogP contribution >= 0.6 is 27.3 Å². The van der Waals surface area contributed by atoms with E-state index in [1.165, 1.54) is 56.9 Å². The van der Waals surface area contributed by atoms with Gasteiger partial charge in [0, 0.05) is 15.4 Å². The average molecular weight is 363 g/mol. The maximum Gasteiger partial charge on any atom is 0.115 e. The zero-order valence-corrected chi connectivity index (χ0v) is 14.6.